The topological polar surface area (TPSA) is 82.2 Å². The average Bonchev–Trinajstić information content (AvgIpc) is 2.86. The van der Waals surface area contributed by atoms with Crippen molar-refractivity contribution >= 4 is 17.3 Å². The lowest BCUT2D eigenvalue weighted by molar-refractivity contribution is 0.102. The van der Waals surface area contributed by atoms with Crippen LogP contribution in [0, 0.1) is 0 Å². The van der Waals surface area contributed by atoms with Gasteiger partial charge in [-0.3, -0.25) is 9.48 Å². The number of nitrogens with zero attached hydrogens (tertiary/aromatic N) is 2. The van der Waals surface area contributed by atoms with E-state index in [0.29, 0.717) is 22.7 Å². The monoisotopic (exact) mass is 260 g/mol. The van der Waals surface area contributed by atoms with Crippen molar-refractivity contribution in [1.82, 2.24) is 9.78 Å². The highest BCUT2D eigenvalue weighted by Crippen LogP contribution is 2.22. The van der Waals surface area contributed by atoms with Crippen LogP contribution < -0.4 is 15.8 Å². The Morgan fingerprint density at radius 3 is 2.89 bits per heavy atom. The van der Waals surface area contributed by atoms with Crippen LogP contribution in [0.15, 0.2) is 30.6 Å². The summed E-state index contributed by atoms with van der Waals surface area (Å²) in [5.41, 5.74) is 7.33. The standard InChI is InChI=1S/C13H16N4O2/c1-3-17-8-10(7-15-17)16-13(18)9-4-5-12(19-2)11(14)6-9/h4-8H,3,14H2,1-2H3,(H,16,18). The predicted octanol–water partition coefficient (Wildman–Crippen LogP) is 1.75. The van der Waals surface area contributed by atoms with Crippen LogP contribution >= 0.6 is 0 Å². The lowest BCUT2D eigenvalue weighted by Gasteiger charge is -2.07. The molecular weight excluding hydrogens is 244 g/mol. The second-order valence-corrected chi connectivity index (χ2v) is 4.00. The van der Waals surface area contributed by atoms with Crippen molar-refractivity contribution in [2.24, 2.45) is 0 Å². The van der Waals surface area contributed by atoms with Crippen molar-refractivity contribution in [3.8, 4) is 5.75 Å². The highest BCUT2D eigenvalue weighted by molar-refractivity contribution is 6.04. The van der Waals surface area contributed by atoms with Crippen LogP contribution in [0.2, 0.25) is 0 Å². The molecule has 1 amide bonds. The van der Waals surface area contributed by atoms with E-state index in [1.807, 2.05) is 6.92 Å². The van der Waals surface area contributed by atoms with Crippen molar-refractivity contribution < 1.29 is 9.53 Å². The number of carbonyl (C=O) groups excluding carboxylic acids is 1. The molecule has 0 atom stereocenters. The molecule has 0 aliphatic carbocycles. The largest absolute Gasteiger partial charge is 0.495 e. The van der Waals surface area contributed by atoms with E-state index in [1.54, 1.807) is 35.3 Å². The second kappa shape index (κ2) is 5.43. The molecule has 1 heterocycles. The molecular formula is C13H16N4O2. The van der Waals surface area contributed by atoms with Gasteiger partial charge in [-0.25, -0.2) is 0 Å². The molecule has 0 saturated carbocycles. The van der Waals surface area contributed by atoms with E-state index in [1.165, 1.54) is 7.11 Å². The zero-order valence-electron chi connectivity index (χ0n) is 10.9. The normalized spacial score (nSPS) is 10.2. The summed E-state index contributed by atoms with van der Waals surface area (Å²) in [7, 11) is 1.53. The first-order chi connectivity index (χ1) is 9.13. The van der Waals surface area contributed by atoms with Gasteiger partial charge in [0.2, 0.25) is 0 Å². The maximum absolute atomic E-state index is 12.0. The average molecular weight is 260 g/mol. The number of aryl methyl sites for hydroxylation is 1. The van der Waals surface area contributed by atoms with Crippen LogP contribution in [-0.4, -0.2) is 22.8 Å². The summed E-state index contributed by atoms with van der Waals surface area (Å²) in [6, 6.07) is 4.91. The first-order valence-corrected chi connectivity index (χ1v) is 5.91. The van der Waals surface area contributed by atoms with Gasteiger partial charge in [-0.2, -0.15) is 5.10 Å². The Morgan fingerprint density at radius 1 is 1.53 bits per heavy atom. The third-order valence-electron chi connectivity index (χ3n) is 2.71. The van der Waals surface area contributed by atoms with Gasteiger partial charge in [0.25, 0.3) is 5.91 Å². The highest BCUT2D eigenvalue weighted by atomic mass is 16.5. The molecule has 0 radical (unpaired) electrons. The van der Waals surface area contributed by atoms with E-state index in [0.717, 1.165) is 6.54 Å². The van der Waals surface area contributed by atoms with Crippen LogP contribution in [-0.2, 0) is 6.54 Å². The number of rotatable bonds is 4. The van der Waals surface area contributed by atoms with E-state index >= 15 is 0 Å². The summed E-state index contributed by atoms with van der Waals surface area (Å²) in [4.78, 5) is 12.0. The number of hydrogen-bond acceptors (Lipinski definition) is 4. The Morgan fingerprint density at radius 2 is 2.32 bits per heavy atom. The zero-order chi connectivity index (χ0) is 13.8. The first-order valence-electron chi connectivity index (χ1n) is 5.91. The summed E-state index contributed by atoms with van der Waals surface area (Å²) in [5, 5.41) is 6.84. The molecule has 0 unspecified atom stereocenters. The van der Waals surface area contributed by atoms with E-state index in [9.17, 15) is 4.79 Å². The minimum absolute atomic E-state index is 0.231. The van der Waals surface area contributed by atoms with Crippen LogP contribution in [0.3, 0.4) is 0 Å². The minimum atomic E-state index is -0.231. The molecule has 1 aromatic carbocycles. The molecule has 19 heavy (non-hydrogen) atoms. The van der Waals surface area contributed by atoms with Crippen molar-refractivity contribution in [2.75, 3.05) is 18.2 Å². The van der Waals surface area contributed by atoms with Gasteiger partial charge in [0, 0.05) is 18.3 Å². The Bertz CT molecular complexity index is 592. The third-order valence-corrected chi connectivity index (χ3v) is 2.71. The number of nitrogens with one attached hydrogen (secondary N) is 1. The predicted molar refractivity (Wildman–Crippen MR) is 73.3 cm³/mol. The molecule has 6 heteroatoms. The third kappa shape index (κ3) is 2.85. The van der Waals surface area contributed by atoms with Gasteiger partial charge in [-0.05, 0) is 25.1 Å². The number of methoxy groups -OCH3 is 1. The van der Waals surface area contributed by atoms with Gasteiger partial charge in [0.15, 0.2) is 0 Å². The van der Waals surface area contributed by atoms with Crippen LogP contribution in [0.4, 0.5) is 11.4 Å². The van der Waals surface area contributed by atoms with Crippen LogP contribution in [0.5, 0.6) is 5.75 Å². The molecule has 1 aromatic heterocycles. The highest BCUT2D eigenvalue weighted by Gasteiger charge is 2.09. The Kier molecular flexibility index (Phi) is 3.70. The molecule has 2 aromatic rings. The van der Waals surface area contributed by atoms with Gasteiger partial charge in [-0.15, -0.1) is 0 Å². The number of nitrogens with two attached hydrogens (primary N) is 1. The van der Waals surface area contributed by atoms with E-state index in [4.69, 9.17) is 10.5 Å². The fourth-order valence-electron chi connectivity index (χ4n) is 1.68. The fraction of sp³-hybridized carbons (Fsp3) is 0.231. The molecule has 0 bridgehead atoms. The SMILES string of the molecule is CCn1cc(NC(=O)c2ccc(OC)c(N)c2)cn1. The molecule has 3 N–H and O–H groups in total. The Hall–Kier alpha value is -2.50. The Balaban J connectivity index is 2.13. The number of anilines is 2. The lowest BCUT2D eigenvalue weighted by atomic mass is 10.1. The number of aromatic nitrogens is 2. The maximum atomic E-state index is 12.0. The fourth-order valence-corrected chi connectivity index (χ4v) is 1.68. The van der Waals surface area contributed by atoms with Gasteiger partial charge < -0.3 is 15.8 Å². The maximum Gasteiger partial charge on any atom is 0.255 e. The van der Waals surface area contributed by atoms with Crippen molar-refractivity contribution in [3.05, 3.63) is 36.2 Å². The molecule has 100 valence electrons. The molecule has 0 aliphatic heterocycles. The van der Waals surface area contributed by atoms with Gasteiger partial charge in [0.1, 0.15) is 5.75 Å². The Labute approximate surface area is 111 Å². The number of nitrogen functional groups attached to an aromatic ring is 1. The molecule has 6 nitrogen and oxygen atoms in total. The van der Waals surface area contributed by atoms with Crippen molar-refractivity contribution in [2.45, 2.75) is 13.5 Å². The first kappa shape index (κ1) is 12.9. The molecule has 0 fully saturated rings. The summed E-state index contributed by atoms with van der Waals surface area (Å²) >= 11 is 0. The second-order valence-electron chi connectivity index (χ2n) is 4.00. The van der Waals surface area contributed by atoms with E-state index < -0.39 is 0 Å². The lowest BCUT2D eigenvalue weighted by Crippen LogP contribution is -2.12. The zero-order valence-corrected chi connectivity index (χ0v) is 10.9. The van der Waals surface area contributed by atoms with Crippen molar-refractivity contribution in [3.63, 3.8) is 0 Å². The molecule has 0 aliphatic rings. The van der Waals surface area contributed by atoms with E-state index in [-0.39, 0.29) is 5.91 Å². The van der Waals surface area contributed by atoms with Crippen LogP contribution in [0.25, 0.3) is 0 Å². The van der Waals surface area contributed by atoms with Gasteiger partial charge >= 0.3 is 0 Å². The molecule has 0 saturated heterocycles. The minimum Gasteiger partial charge on any atom is -0.495 e. The smallest absolute Gasteiger partial charge is 0.255 e. The summed E-state index contributed by atoms with van der Waals surface area (Å²) in [6.07, 6.45) is 3.37. The number of benzene rings is 1. The molecule has 2 rings (SSSR count). The van der Waals surface area contributed by atoms with Gasteiger partial charge in [-0.1, -0.05) is 0 Å². The quantitative estimate of drug-likeness (QED) is 0.820. The summed E-state index contributed by atoms with van der Waals surface area (Å²) in [5.74, 6) is 0.320. The van der Waals surface area contributed by atoms with Crippen LogP contribution in [0.1, 0.15) is 17.3 Å². The van der Waals surface area contributed by atoms with E-state index in [2.05, 4.69) is 10.4 Å². The molecule has 0 spiro atoms. The van der Waals surface area contributed by atoms with Gasteiger partial charge in [0.05, 0.1) is 24.7 Å². The summed E-state index contributed by atoms with van der Waals surface area (Å²) < 4.78 is 6.78. The number of carbonyl (C=O) groups is 1. The number of ether oxygens (including phenoxy) is 1. The number of hydrogen-bond donors (Lipinski definition) is 2. The number of amides is 1. The van der Waals surface area contributed by atoms with Crippen molar-refractivity contribution in [1.29, 1.82) is 0 Å². The summed E-state index contributed by atoms with van der Waals surface area (Å²) in [6.45, 7) is 2.73.